The summed E-state index contributed by atoms with van der Waals surface area (Å²) in [5, 5.41) is 24.1. The molecule has 0 aliphatic carbocycles. The predicted octanol–water partition coefficient (Wildman–Crippen LogP) is -0.320. The van der Waals surface area contributed by atoms with Crippen LogP contribution in [0, 0.1) is 10.1 Å². The maximum Gasteiger partial charge on any atom is 0.408 e. The minimum Gasteiger partial charge on any atom is -0.445 e. The molecule has 9 heteroatoms. The Morgan fingerprint density at radius 3 is 2.62 bits per heavy atom. The molecule has 2 amide bonds. The second kappa shape index (κ2) is 6.18. The number of nitro groups is 1. The van der Waals surface area contributed by atoms with Gasteiger partial charge in [-0.25, -0.2) is 4.79 Å². The number of β-lactam (4-membered cyclic amide) rings is 1. The van der Waals surface area contributed by atoms with Crippen molar-refractivity contribution in [1.29, 1.82) is 0 Å². The lowest BCUT2D eigenvalue weighted by molar-refractivity contribution is -0.384. The van der Waals surface area contributed by atoms with Crippen LogP contribution in [-0.2, 0) is 16.1 Å². The lowest BCUT2D eigenvalue weighted by atomic mass is 10.0. The quantitative estimate of drug-likeness (QED) is 0.387. The molecule has 1 saturated heterocycles. The van der Waals surface area contributed by atoms with Gasteiger partial charge in [-0.15, -0.1) is 0 Å². The Labute approximate surface area is 119 Å². The molecule has 1 aliphatic rings. The number of hydrogen-bond donors (Lipinski definition) is 3. The average Bonchev–Trinajstić information content (AvgIpc) is 2.48. The van der Waals surface area contributed by atoms with Crippen molar-refractivity contribution in [2.75, 3.05) is 6.61 Å². The molecule has 9 nitrogen and oxygen atoms in total. The van der Waals surface area contributed by atoms with E-state index < -0.39 is 23.1 Å². The second-order valence-electron chi connectivity index (χ2n) is 4.42. The summed E-state index contributed by atoms with van der Waals surface area (Å²) < 4.78 is 4.89. The molecule has 0 saturated carbocycles. The molecule has 1 aromatic carbocycles. The Kier molecular flexibility index (Phi) is 4.33. The summed E-state index contributed by atoms with van der Waals surface area (Å²) in [6, 6.07) is 4.23. The molecule has 1 aliphatic heterocycles. The Morgan fingerprint density at radius 2 is 2.10 bits per heavy atom. The number of benzene rings is 1. The molecule has 0 bridgehead atoms. The van der Waals surface area contributed by atoms with Gasteiger partial charge in [0.1, 0.15) is 12.6 Å². The lowest BCUT2D eigenvalue weighted by Crippen LogP contribution is -2.70. The van der Waals surface area contributed by atoms with E-state index in [0.717, 1.165) is 0 Å². The molecule has 2 atom stereocenters. The smallest absolute Gasteiger partial charge is 0.408 e. The van der Waals surface area contributed by atoms with Gasteiger partial charge in [0, 0.05) is 12.1 Å². The number of aliphatic hydroxyl groups is 1. The molecule has 0 radical (unpaired) electrons. The lowest BCUT2D eigenvalue weighted by Gasteiger charge is -2.35. The van der Waals surface area contributed by atoms with Gasteiger partial charge in [-0.3, -0.25) is 14.9 Å². The van der Waals surface area contributed by atoms with Gasteiger partial charge < -0.3 is 20.5 Å². The topological polar surface area (TPSA) is 131 Å². The van der Waals surface area contributed by atoms with Crippen molar-refractivity contribution in [3.8, 4) is 0 Å². The monoisotopic (exact) mass is 295 g/mol. The first kappa shape index (κ1) is 14.7. The van der Waals surface area contributed by atoms with E-state index in [1.54, 1.807) is 0 Å². The Morgan fingerprint density at radius 1 is 1.43 bits per heavy atom. The molecule has 2 rings (SSSR count). The summed E-state index contributed by atoms with van der Waals surface area (Å²) >= 11 is 0. The highest BCUT2D eigenvalue weighted by Crippen LogP contribution is 2.12. The van der Waals surface area contributed by atoms with Crippen LogP contribution in [0.25, 0.3) is 0 Å². The first-order chi connectivity index (χ1) is 10.0. The third-order valence-electron chi connectivity index (χ3n) is 3.00. The third kappa shape index (κ3) is 3.45. The molecule has 0 spiro atoms. The fourth-order valence-electron chi connectivity index (χ4n) is 1.79. The SMILES string of the molecule is O=C(N[C@H]1C(=O)N[C@H]1CO)OCc1ccc([N+](=O)[O-])cc1. The first-order valence-electron chi connectivity index (χ1n) is 6.09. The van der Waals surface area contributed by atoms with Crippen LogP contribution < -0.4 is 10.6 Å². The molecule has 1 aromatic rings. The second-order valence-corrected chi connectivity index (χ2v) is 4.42. The van der Waals surface area contributed by atoms with Gasteiger partial charge in [0.15, 0.2) is 0 Å². The fourth-order valence-corrected chi connectivity index (χ4v) is 1.79. The van der Waals surface area contributed by atoms with Crippen LogP contribution in [0.4, 0.5) is 10.5 Å². The van der Waals surface area contributed by atoms with Crippen LogP contribution in [0.15, 0.2) is 24.3 Å². The fraction of sp³-hybridized carbons (Fsp3) is 0.333. The van der Waals surface area contributed by atoms with Gasteiger partial charge in [0.2, 0.25) is 5.91 Å². The van der Waals surface area contributed by atoms with E-state index in [9.17, 15) is 19.7 Å². The van der Waals surface area contributed by atoms with E-state index in [1.165, 1.54) is 24.3 Å². The Balaban J connectivity index is 1.81. The minimum absolute atomic E-state index is 0.0554. The first-order valence-corrected chi connectivity index (χ1v) is 6.09. The third-order valence-corrected chi connectivity index (χ3v) is 3.00. The van der Waals surface area contributed by atoms with Gasteiger partial charge in [-0.2, -0.15) is 0 Å². The molecular weight excluding hydrogens is 282 g/mol. The summed E-state index contributed by atoms with van der Waals surface area (Å²) in [4.78, 5) is 32.6. The number of aliphatic hydroxyl groups excluding tert-OH is 1. The molecule has 0 unspecified atom stereocenters. The average molecular weight is 295 g/mol. The van der Waals surface area contributed by atoms with Crippen LogP contribution >= 0.6 is 0 Å². The molecule has 112 valence electrons. The number of hydrogen-bond acceptors (Lipinski definition) is 6. The summed E-state index contributed by atoms with van der Waals surface area (Å²) in [5.41, 5.74) is 0.521. The molecule has 21 heavy (non-hydrogen) atoms. The zero-order valence-corrected chi connectivity index (χ0v) is 10.8. The van der Waals surface area contributed by atoms with E-state index in [-0.39, 0.29) is 24.8 Å². The summed E-state index contributed by atoms with van der Waals surface area (Å²) in [6.45, 7) is -0.360. The number of amides is 2. The van der Waals surface area contributed by atoms with E-state index >= 15 is 0 Å². The van der Waals surface area contributed by atoms with Gasteiger partial charge in [0.05, 0.1) is 17.6 Å². The number of ether oxygens (including phenoxy) is 1. The van der Waals surface area contributed by atoms with E-state index in [0.29, 0.717) is 5.56 Å². The molecule has 1 heterocycles. The van der Waals surface area contributed by atoms with Crippen molar-refractivity contribution >= 4 is 17.7 Å². The number of alkyl carbamates (subject to hydrolysis) is 1. The van der Waals surface area contributed by atoms with E-state index in [4.69, 9.17) is 9.84 Å². The molecule has 1 fully saturated rings. The van der Waals surface area contributed by atoms with Gasteiger partial charge in [0.25, 0.3) is 5.69 Å². The van der Waals surface area contributed by atoms with Crippen LogP contribution in [0.2, 0.25) is 0 Å². The minimum atomic E-state index is -0.806. The van der Waals surface area contributed by atoms with Crippen molar-refractivity contribution in [1.82, 2.24) is 10.6 Å². The highest BCUT2D eigenvalue weighted by Gasteiger charge is 2.40. The van der Waals surface area contributed by atoms with Crippen LogP contribution in [0.5, 0.6) is 0 Å². The largest absolute Gasteiger partial charge is 0.445 e. The van der Waals surface area contributed by atoms with E-state index in [1.807, 2.05) is 0 Å². The van der Waals surface area contributed by atoms with Gasteiger partial charge in [-0.05, 0) is 17.7 Å². The number of nitro benzene ring substituents is 1. The van der Waals surface area contributed by atoms with Crippen molar-refractivity contribution in [3.05, 3.63) is 39.9 Å². The molecule has 0 aromatic heterocycles. The number of nitrogens with one attached hydrogen (secondary N) is 2. The highest BCUT2D eigenvalue weighted by molar-refractivity contribution is 5.92. The number of carbonyl (C=O) groups excluding carboxylic acids is 2. The maximum atomic E-state index is 11.5. The van der Waals surface area contributed by atoms with Gasteiger partial charge >= 0.3 is 6.09 Å². The molecule has 3 N–H and O–H groups in total. The number of non-ortho nitro benzene ring substituents is 1. The number of rotatable bonds is 5. The molecular formula is C12H13N3O6. The van der Waals surface area contributed by atoms with Crippen molar-refractivity contribution in [3.63, 3.8) is 0 Å². The predicted molar refractivity (Wildman–Crippen MR) is 69.2 cm³/mol. The van der Waals surface area contributed by atoms with Crippen LogP contribution in [0.3, 0.4) is 0 Å². The summed E-state index contributed by atoms with van der Waals surface area (Å²) in [7, 11) is 0. The van der Waals surface area contributed by atoms with Crippen LogP contribution in [0.1, 0.15) is 5.56 Å². The van der Waals surface area contributed by atoms with E-state index in [2.05, 4.69) is 10.6 Å². The van der Waals surface area contributed by atoms with Crippen molar-refractivity contribution < 1.29 is 24.4 Å². The zero-order valence-electron chi connectivity index (χ0n) is 10.8. The number of nitrogens with zero attached hydrogens (tertiary/aromatic N) is 1. The van der Waals surface area contributed by atoms with Crippen molar-refractivity contribution in [2.24, 2.45) is 0 Å². The normalized spacial score (nSPS) is 20.1. The maximum absolute atomic E-state index is 11.5. The van der Waals surface area contributed by atoms with Crippen LogP contribution in [-0.4, -0.2) is 40.7 Å². The summed E-state index contributed by atoms with van der Waals surface area (Å²) in [6.07, 6.45) is -0.799. The number of carbonyl (C=O) groups is 2. The summed E-state index contributed by atoms with van der Waals surface area (Å²) in [5.74, 6) is -0.388. The van der Waals surface area contributed by atoms with Crippen molar-refractivity contribution in [2.45, 2.75) is 18.7 Å². The van der Waals surface area contributed by atoms with Gasteiger partial charge in [-0.1, -0.05) is 0 Å². The zero-order chi connectivity index (χ0) is 15.4. The standard InChI is InChI=1S/C12H13N3O6/c16-5-9-10(11(17)13-9)14-12(18)21-6-7-1-3-8(4-2-7)15(19)20/h1-4,9-10,16H,5-6H2,(H,13,17)(H,14,18)/t9-,10+/m0/s1. The Hall–Kier alpha value is -2.68. The highest BCUT2D eigenvalue weighted by atomic mass is 16.6. The Bertz CT molecular complexity index is 559.